The van der Waals surface area contributed by atoms with Gasteiger partial charge in [0.2, 0.25) is 28.4 Å². The van der Waals surface area contributed by atoms with Crippen LogP contribution in [0.1, 0.15) is 0 Å². The lowest BCUT2D eigenvalue weighted by Gasteiger charge is -2.18. The minimum Gasteiger partial charge on any atom is -0.502 e. The van der Waals surface area contributed by atoms with Crippen LogP contribution in [0.25, 0.3) is 22.3 Å². The highest BCUT2D eigenvalue weighted by Gasteiger charge is 2.30. The zero-order valence-corrected chi connectivity index (χ0v) is 16.1. The van der Waals surface area contributed by atoms with Crippen molar-refractivity contribution in [2.75, 3.05) is 35.5 Å². The Morgan fingerprint density at radius 2 is 1.36 bits per heavy atom. The first kappa shape index (κ1) is 19.2. The van der Waals surface area contributed by atoms with Crippen LogP contribution in [0.5, 0.6) is 34.5 Å². The zero-order valence-electron chi connectivity index (χ0n) is 16.1. The lowest BCUT2D eigenvalue weighted by molar-refractivity contribution is 0.306. The third kappa shape index (κ3) is 2.74. The molecule has 1 N–H and O–H groups in total. The van der Waals surface area contributed by atoms with E-state index in [9.17, 15) is 9.90 Å². The molecule has 0 amide bonds. The predicted octanol–water partition coefficient (Wildman–Crippen LogP) is 3.21. The molecule has 0 saturated carbocycles. The van der Waals surface area contributed by atoms with E-state index < -0.39 is 11.2 Å². The number of ether oxygens (including phenoxy) is 5. The van der Waals surface area contributed by atoms with Crippen LogP contribution in [0.4, 0.5) is 0 Å². The van der Waals surface area contributed by atoms with Crippen molar-refractivity contribution in [3.05, 3.63) is 34.5 Å². The van der Waals surface area contributed by atoms with Crippen molar-refractivity contribution in [2.45, 2.75) is 0 Å². The monoisotopic (exact) mass is 388 g/mol. The van der Waals surface area contributed by atoms with Crippen molar-refractivity contribution in [1.29, 1.82) is 0 Å². The quantitative estimate of drug-likeness (QED) is 0.688. The normalized spacial score (nSPS) is 10.6. The van der Waals surface area contributed by atoms with Gasteiger partial charge in [-0.2, -0.15) is 0 Å². The highest BCUT2D eigenvalue weighted by atomic mass is 16.5. The number of benzene rings is 2. The molecule has 0 unspecified atom stereocenters. The second kappa shape index (κ2) is 7.59. The minimum atomic E-state index is -0.710. The molecule has 28 heavy (non-hydrogen) atoms. The van der Waals surface area contributed by atoms with Crippen LogP contribution in [0.15, 0.2) is 33.5 Å². The molecule has 0 radical (unpaired) electrons. The van der Waals surface area contributed by atoms with Crippen LogP contribution in [-0.2, 0) is 0 Å². The molecule has 0 spiro atoms. The summed E-state index contributed by atoms with van der Waals surface area (Å²) < 4.78 is 32.8. The fourth-order valence-corrected chi connectivity index (χ4v) is 3.08. The average Bonchev–Trinajstić information content (AvgIpc) is 2.74. The molecule has 0 bridgehead atoms. The Kier molecular flexibility index (Phi) is 5.21. The fraction of sp³-hybridized carbons (Fsp3) is 0.250. The molecule has 0 fully saturated rings. The standard InChI is InChI=1S/C20H20O8/c1-23-11-9-7-6-8-10(11)15-14(22)13(21)12-16(24-2)18(25-3)20(27-5)19(26-4)17(12)28-15/h6-9,22H,1-5H3. The summed E-state index contributed by atoms with van der Waals surface area (Å²) in [6.07, 6.45) is 0. The largest absolute Gasteiger partial charge is 0.502 e. The lowest BCUT2D eigenvalue weighted by atomic mass is 10.1. The fourth-order valence-electron chi connectivity index (χ4n) is 3.08. The highest BCUT2D eigenvalue weighted by Crippen LogP contribution is 2.51. The molecule has 2 aromatic carbocycles. The second-order valence-electron chi connectivity index (χ2n) is 5.65. The predicted molar refractivity (Wildman–Crippen MR) is 102 cm³/mol. The summed E-state index contributed by atoms with van der Waals surface area (Å²) in [5.74, 6) is 0.285. The summed E-state index contributed by atoms with van der Waals surface area (Å²) in [7, 11) is 7.07. The van der Waals surface area contributed by atoms with Crippen molar-refractivity contribution >= 4 is 11.0 Å². The number of hydrogen-bond acceptors (Lipinski definition) is 8. The van der Waals surface area contributed by atoms with Crippen LogP contribution < -0.4 is 29.1 Å². The second-order valence-corrected chi connectivity index (χ2v) is 5.65. The number of aromatic hydroxyl groups is 1. The van der Waals surface area contributed by atoms with E-state index in [1.807, 2.05) is 0 Å². The molecule has 3 aromatic rings. The number of rotatable bonds is 6. The van der Waals surface area contributed by atoms with Crippen LogP contribution in [-0.4, -0.2) is 40.7 Å². The Hall–Kier alpha value is -3.55. The first-order valence-electron chi connectivity index (χ1n) is 8.23. The van der Waals surface area contributed by atoms with Gasteiger partial charge in [0.05, 0.1) is 41.1 Å². The van der Waals surface area contributed by atoms with Gasteiger partial charge in [-0.25, -0.2) is 0 Å². The SMILES string of the molecule is COc1ccccc1-c1oc2c(OC)c(OC)c(OC)c(OC)c2c(=O)c1O. The van der Waals surface area contributed by atoms with Crippen LogP contribution in [0.2, 0.25) is 0 Å². The van der Waals surface area contributed by atoms with Gasteiger partial charge in [0.1, 0.15) is 11.1 Å². The highest BCUT2D eigenvalue weighted by molar-refractivity contribution is 5.97. The molecule has 0 aliphatic rings. The van der Waals surface area contributed by atoms with Crippen molar-refractivity contribution in [3.63, 3.8) is 0 Å². The van der Waals surface area contributed by atoms with Crippen molar-refractivity contribution in [2.24, 2.45) is 0 Å². The molecule has 148 valence electrons. The Morgan fingerprint density at radius 1 is 0.786 bits per heavy atom. The van der Waals surface area contributed by atoms with Gasteiger partial charge in [0, 0.05) is 0 Å². The molecule has 0 aliphatic heterocycles. The molecule has 0 atom stereocenters. The molecule has 0 aliphatic carbocycles. The lowest BCUT2D eigenvalue weighted by Crippen LogP contribution is -2.08. The van der Waals surface area contributed by atoms with Crippen molar-refractivity contribution in [1.82, 2.24) is 0 Å². The molecule has 1 aromatic heterocycles. The first-order chi connectivity index (χ1) is 13.5. The van der Waals surface area contributed by atoms with E-state index in [0.29, 0.717) is 11.3 Å². The zero-order chi connectivity index (χ0) is 20.4. The Bertz CT molecular complexity index is 1080. The van der Waals surface area contributed by atoms with Gasteiger partial charge in [-0.05, 0) is 12.1 Å². The third-order valence-corrected chi connectivity index (χ3v) is 4.31. The molecule has 8 nitrogen and oxygen atoms in total. The van der Waals surface area contributed by atoms with Crippen molar-refractivity contribution < 1.29 is 33.2 Å². The third-order valence-electron chi connectivity index (χ3n) is 4.31. The van der Waals surface area contributed by atoms with Crippen LogP contribution in [0.3, 0.4) is 0 Å². The summed E-state index contributed by atoms with van der Waals surface area (Å²) in [6.45, 7) is 0. The Balaban J connectivity index is 2.54. The van der Waals surface area contributed by atoms with Crippen LogP contribution >= 0.6 is 0 Å². The maximum atomic E-state index is 13.1. The van der Waals surface area contributed by atoms with E-state index in [0.717, 1.165) is 0 Å². The van der Waals surface area contributed by atoms with Gasteiger partial charge < -0.3 is 33.2 Å². The maximum Gasteiger partial charge on any atom is 0.239 e. The van der Waals surface area contributed by atoms with E-state index >= 15 is 0 Å². The topological polar surface area (TPSA) is 96.6 Å². The number of hydrogen-bond donors (Lipinski definition) is 1. The average molecular weight is 388 g/mol. The Morgan fingerprint density at radius 3 is 1.93 bits per heavy atom. The summed E-state index contributed by atoms with van der Waals surface area (Å²) in [4.78, 5) is 13.1. The van der Waals surface area contributed by atoms with E-state index in [-0.39, 0.29) is 39.7 Å². The van der Waals surface area contributed by atoms with E-state index in [2.05, 4.69) is 0 Å². The van der Waals surface area contributed by atoms with Gasteiger partial charge in [-0.3, -0.25) is 4.79 Å². The number of methoxy groups -OCH3 is 5. The number of fused-ring (bicyclic) bond motifs is 1. The van der Waals surface area contributed by atoms with Gasteiger partial charge in [-0.15, -0.1) is 0 Å². The van der Waals surface area contributed by atoms with E-state index in [4.69, 9.17) is 28.1 Å². The van der Waals surface area contributed by atoms with Crippen molar-refractivity contribution in [3.8, 4) is 45.8 Å². The molecule has 8 heteroatoms. The maximum absolute atomic E-state index is 13.1. The minimum absolute atomic E-state index is 0.0341. The first-order valence-corrected chi connectivity index (χ1v) is 8.23. The summed E-state index contributed by atoms with van der Waals surface area (Å²) in [6, 6.07) is 6.84. The smallest absolute Gasteiger partial charge is 0.239 e. The number of para-hydroxylation sites is 1. The van der Waals surface area contributed by atoms with Gasteiger partial charge in [0.15, 0.2) is 17.1 Å². The van der Waals surface area contributed by atoms with Gasteiger partial charge in [0.25, 0.3) is 0 Å². The summed E-state index contributed by atoms with van der Waals surface area (Å²) >= 11 is 0. The molecular formula is C20H20O8. The molecule has 3 rings (SSSR count). The van der Waals surface area contributed by atoms with E-state index in [1.165, 1.54) is 35.5 Å². The van der Waals surface area contributed by atoms with Gasteiger partial charge in [-0.1, -0.05) is 12.1 Å². The summed E-state index contributed by atoms with van der Waals surface area (Å²) in [5.41, 5.74) is -0.267. The van der Waals surface area contributed by atoms with Crippen LogP contribution in [0, 0.1) is 0 Å². The van der Waals surface area contributed by atoms with E-state index in [1.54, 1.807) is 24.3 Å². The molecule has 0 saturated heterocycles. The molecule has 1 heterocycles. The summed E-state index contributed by atoms with van der Waals surface area (Å²) in [5, 5.41) is 10.6. The Labute approximate surface area is 160 Å². The molecular weight excluding hydrogens is 368 g/mol. The van der Waals surface area contributed by atoms with Gasteiger partial charge >= 0.3 is 0 Å².